The van der Waals surface area contributed by atoms with Gasteiger partial charge in [-0.3, -0.25) is 4.98 Å². The standard InChI is InChI=1S/C17H14F2N2/c1-20-17(13-6-2-8-14(18)16(13)19)12-5-3-9-15-11(12)7-4-10-21-15/h2-10,17,20H,1H3. The first-order valence-corrected chi connectivity index (χ1v) is 6.67. The highest BCUT2D eigenvalue weighted by Gasteiger charge is 2.20. The topological polar surface area (TPSA) is 24.9 Å². The molecule has 3 rings (SSSR count). The molecule has 1 unspecified atom stereocenters. The van der Waals surface area contributed by atoms with Crippen LogP contribution in [-0.4, -0.2) is 12.0 Å². The highest BCUT2D eigenvalue weighted by atomic mass is 19.2. The van der Waals surface area contributed by atoms with Crippen molar-refractivity contribution in [1.82, 2.24) is 10.3 Å². The smallest absolute Gasteiger partial charge is 0.163 e. The predicted molar refractivity (Wildman–Crippen MR) is 79.0 cm³/mol. The van der Waals surface area contributed by atoms with Crippen molar-refractivity contribution < 1.29 is 8.78 Å². The van der Waals surface area contributed by atoms with Gasteiger partial charge in [-0.1, -0.05) is 30.3 Å². The number of nitrogens with zero attached hydrogens (tertiary/aromatic N) is 1. The third-order valence-corrected chi connectivity index (χ3v) is 3.57. The highest BCUT2D eigenvalue weighted by Crippen LogP contribution is 2.30. The first kappa shape index (κ1) is 13.6. The Morgan fingerprint density at radius 1 is 0.952 bits per heavy atom. The van der Waals surface area contributed by atoms with Crippen LogP contribution in [0.2, 0.25) is 0 Å². The molecular weight excluding hydrogens is 270 g/mol. The van der Waals surface area contributed by atoms with Crippen molar-refractivity contribution in [2.75, 3.05) is 7.05 Å². The summed E-state index contributed by atoms with van der Waals surface area (Å²) in [5.41, 5.74) is 1.98. The van der Waals surface area contributed by atoms with Gasteiger partial charge in [0.1, 0.15) is 0 Å². The third kappa shape index (κ3) is 2.38. The Hall–Kier alpha value is -2.33. The molecule has 0 saturated heterocycles. The average molecular weight is 284 g/mol. The van der Waals surface area contributed by atoms with Crippen molar-refractivity contribution in [2.24, 2.45) is 0 Å². The van der Waals surface area contributed by atoms with Crippen LogP contribution >= 0.6 is 0 Å². The molecule has 0 amide bonds. The van der Waals surface area contributed by atoms with Gasteiger partial charge < -0.3 is 5.32 Å². The van der Waals surface area contributed by atoms with Crippen LogP contribution in [0.15, 0.2) is 54.7 Å². The van der Waals surface area contributed by atoms with E-state index in [1.54, 1.807) is 19.3 Å². The van der Waals surface area contributed by atoms with Crippen LogP contribution in [0.5, 0.6) is 0 Å². The van der Waals surface area contributed by atoms with Gasteiger partial charge in [0.25, 0.3) is 0 Å². The van der Waals surface area contributed by atoms with Crippen molar-refractivity contribution >= 4 is 10.9 Å². The summed E-state index contributed by atoms with van der Waals surface area (Å²) in [4.78, 5) is 4.30. The Labute approximate surface area is 121 Å². The van der Waals surface area contributed by atoms with Crippen LogP contribution in [0.25, 0.3) is 10.9 Å². The molecule has 0 aliphatic heterocycles. The summed E-state index contributed by atoms with van der Waals surface area (Å²) in [5, 5.41) is 3.98. The van der Waals surface area contributed by atoms with E-state index < -0.39 is 17.7 Å². The van der Waals surface area contributed by atoms with E-state index in [4.69, 9.17) is 0 Å². The molecule has 4 heteroatoms. The van der Waals surface area contributed by atoms with Gasteiger partial charge in [0, 0.05) is 17.1 Å². The lowest BCUT2D eigenvalue weighted by Gasteiger charge is -2.19. The number of aromatic nitrogens is 1. The summed E-state index contributed by atoms with van der Waals surface area (Å²) in [6.45, 7) is 0. The van der Waals surface area contributed by atoms with Gasteiger partial charge in [0.2, 0.25) is 0 Å². The largest absolute Gasteiger partial charge is 0.309 e. The van der Waals surface area contributed by atoms with Crippen LogP contribution < -0.4 is 5.32 Å². The van der Waals surface area contributed by atoms with Crippen molar-refractivity contribution in [3.63, 3.8) is 0 Å². The second kappa shape index (κ2) is 5.58. The fourth-order valence-electron chi connectivity index (χ4n) is 2.60. The van der Waals surface area contributed by atoms with E-state index in [2.05, 4.69) is 10.3 Å². The lowest BCUT2D eigenvalue weighted by Crippen LogP contribution is -2.19. The second-order valence-corrected chi connectivity index (χ2v) is 4.78. The lowest BCUT2D eigenvalue weighted by molar-refractivity contribution is 0.487. The number of pyridine rings is 1. The summed E-state index contributed by atoms with van der Waals surface area (Å²) in [6, 6.07) is 13.2. The molecule has 1 heterocycles. The van der Waals surface area contributed by atoms with Crippen molar-refractivity contribution in [3.05, 3.63) is 77.5 Å². The lowest BCUT2D eigenvalue weighted by atomic mass is 9.95. The molecule has 106 valence electrons. The molecule has 0 radical (unpaired) electrons. The quantitative estimate of drug-likeness (QED) is 0.791. The number of nitrogens with one attached hydrogen (secondary N) is 1. The van der Waals surface area contributed by atoms with Crippen LogP contribution in [0.3, 0.4) is 0 Å². The Morgan fingerprint density at radius 3 is 2.52 bits per heavy atom. The molecule has 3 aromatic rings. The Morgan fingerprint density at radius 2 is 1.71 bits per heavy atom. The average Bonchev–Trinajstić information content (AvgIpc) is 2.52. The molecule has 1 aromatic heterocycles. The first-order chi connectivity index (χ1) is 10.2. The molecule has 2 aromatic carbocycles. The van der Waals surface area contributed by atoms with Gasteiger partial charge in [-0.05, 0) is 30.8 Å². The molecule has 21 heavy (non-hydrogen) atoms. The van der Waals surface area contributed by atoms with Crippen molar-refractivity contribution in [3.8, 4) is 0 Å². The number of halogens is 2. The zero-order chi connectivity index (χ0) is 14.8. The molecule has 0 aliphatic carbocycles. The van der Waals surface area contributed by atoms with Crippen LogP contribution in [0.4, 0.5) is 8.78 Å². The number of hydrogen-bond acceptors (Lipinski definition) is 2. The third-order valence-electron chi connectivity index (χ3n) is 3.57. The van der Waals surface area contributed by atoms with E-state index in [9.17, 15) is 8.78 Å². The monoisotopic (exact) mass is 284 g/mol. The maximum Gasteiger partial charge on any atom is 0.163 e. The summed E-state index contributed by atoms with van der Waals surface area (Å²) >= 11 is 0. The maximum absolute atomic E-state index is 14.1. The molecule has 0 aliphatic rings. The molecule has 1 atom stereocenters. The van der Waals surface area contributed by atoms with E-state index >= 15 is 0 Å². The second-order valence-electron chi connectivity index (χ2n) is 4.78. The van der Waals surface area contributed by atoms with Gasteiger partial charge in [0.05, 0.1) is 11.6 Å². The maximum atomic E-state index is 14.1. The fraction of sp³-hybridized carbons (Fsp3) is 0.118. The minimum Gasteiger partial charge on any atom is -0.309 e. The molecule has 0 saturated carbocycles. The SMILES string of the molecule is CNC(c1cccc(F)c1F)c1cccc2ncccc12. The summed E-state index contributed by atoms with van der Waals surface area (Å²) in [5.74, 6) is -1.66. The number of benzene rings is 2. The van der Waals surface area contributed by atoms with Crippen LogP contribution in [0, 0.1) is 11.6 Å². The van der Waals surface area contributed by atoms with E-state index in [1.165, 1.54) is 6.07 Å². The van der Waals surface area contributed by atoms with Gasteiger partial charge in [0.15, 0.2) is 11.6 Å². The zero-order valence-electron chi connectivity index (χ0n) is 11.5. The van der Waals surface area contributed by atoms with Crippen LogP contribution in [0.1, 0.15) is 17.2 Å². The Balaban J connectivity index is 2.21. The van der Waals surface area contributed by atoms with Gasteiger partial charge >= 0.3 is 0 Å². The number of fused-ring (bicyclic) bond motifs is 1. The summed E-state index contributed by atoms with van der Waals surface area (Å²) in [7, 11) is 1.73. The van der Waals surface area contributed by atoms with Crippen LogP contribution in [-0.2, 0) is 0 Å². The van der Waals surface area contributed by atoms with E-state index in [1.807, 2.05) is 30.3 Å². The van der Waals surface area contributed by atoms with E-state index in [0.717, 1.165) is 22.5 Å². The predicted octanol–water partition coefficient (Wildman–Crippen LogP) is 3.82. The fourth-order valence-corrected chi connectivity index (χ4v) is 2.60. The molecule has 1 N–H and O–H groups in total. The Bertz CT molecular complexity index is 781. The van der Waals surface area contributed by atoms with Gasteiger partial charge in [-0.25, -0.2) is 8.78 Å². The van der Waals surface area contributed by atoms with Crippen molar-refractivity contribution in [1.29, 1.82) is 0 Å². The zero-order valence-corrected chi connectivity index (χ0v) is 11.5. The van der Waals surface area contributed by atoms with Crippen molar-refractivity contribution in [2.45, 2.75) is 6.04 Å². The minimum atomic E-state index is -0.842. The molecule has 2 nitrogen and oxygen atoms in total. The van der Waals surface area contributed by atoms with Gasteiger partial charge in [-0.2, -0.15) is 0 Å². The molecule has 0 bridgehead atoms. The molecular formula is C17H14F2N2. The normalized spacial score (nSPS) is 12.5. The first-order valence-electron chi connectivity index (χ1n) is 6.67. The molecule has 0 spiro atoms. The molecule has 0 fully saturated rings. The summed E-state index contributed by atoms with van der Waals surface area (Å²) in [6.07, 6.45) is 1.71. The number of rotatable bonds is 3. The number of hydrogen-bond donors (Lipinski definition) is 1. The minimum absolute atomic E-state index is 0.286. The van der Waals surface area contributed by atoms with E-state index in [-0.39, 0.29) is 5.56 Å². The summed E-state index contributed by atoms with van der Waals surface area (Å²) < 4.78 is 27.6. The Kier molecular flexibility index (Phi) is 3.62. The highest BCUT2D eigenvalue weighted by molar-refractivity contribution is 5.83. The van der Waals surface area contributed by atoms with Gasteiger partial charge in [-0.15, -0.1) is 0 Å². The van der Waals surface area contributed by atoms with E-state index in [0.29, 0.717) is 0 Å².